The van der Waals surface area contributed by atoms with Crippen LogP contribution in [0.2, 0.25) is 0 Å². The van der Waals surface area contributed by atoms with Crippen molar-refractivity contribution in [3.8, 4) is 11.5 Å². The van der Waals surface area contributed by atoms with Crippen LogP contribution in [0.25, 0.3) is 0 Å². The molecule has 0 fully saturated rings. The van der Waals surface area contributed by atoms with E-state index in [9.17, 15) is 0 Å². The fourth-order valence-corrected chi connectivity index (χ4v) is 2.60. The second kappa shape index (κ2) is 9.70. The molecule has 1 aromatic heterocycles. The number of hydrogen-bond donors (Lipinski definition) is 0. The number of pyridine rings is 1. The predicted octanol–water partition coefficient (Wildman–Crippen LogP) is 4.88. The average Bonchev–Trinajstić information content (AvgIpc) is 2.66. The molecule has 0 aliphatic heterocycles. The third-order valence-electron chi connectivity index (χ3n) is 3.91. The number of methoxy groups -OCH3 is 1. The normalized spacial score (nSPS) is 9.96. The van der Waals surface area contributed by atoms with Crippen molar-refractivity contribution < 1.29 is 9.47 Å². The molecule has 0 atom stereocenters. The minimum atomic E-state index is 0. The average molecular weight is 356 g/mol. The predicted molar refractivity (Wildman–Crippen MR) is 103 cm³/mol. The minimum Gasteiger partial charge on any atom is -0.497 e. The van der Waals surface area contributed by atoms with E-state index >= 15 is 0 Å². The van der Waals surface area contributed by atoms with Crippen LogP contribution >= 0.6 is 12.4 Å². The van der Waals surface area contributed by atoms with E-state index in [0.717, 1.165) is 29.9 Å². The Hall–Kier alpha value is -2.52. The number of aromatic nitrogens is 1. The summed E-state index contributed by atoms with van der Waals surface area (Å²) in [6.07, 6.45) is 5.48. The number of para-hydroxylation sites is 1. The van der Waals surface area contributed by atoms with Crippen LogP contribution in [0.3, 0.4) is 0 Å². The molecule has 0 aliphatic rings. The topological polar surface area (TPSA) is 31.4 Å². The maximum atomic E-state index is 5.99. The summed E-state index contributed by atoms with van der Waals surface area (Å²) in [4.78, 5) is 4.12. The van der Waals surface area contributed by atoms with Crippen molar-refractivity contribution in [2.45, 2.75) is 19.4 Å². The minimum absolute atomic E-state index is 0. The highest BCUT2D eigenvalue weighted by molar-refractivity contribution is 5.85. The van der Waals surface area contributed by atoms with Crippen LogP contribution in [0.1, 0.15) is 16.7 Å². The Morgan fingerprint density at radius 2 is 1.72 bits per heavy atom. The number of nitrogens with zero attached hydrogens (tertiary/aromatic N) is 1. The van der Waals surface area contributed by atoms with E-state index in [1.807, 2.05) is 42.6 Å². The van der Waals surface area contributed by atoms with E-state index < -0.39 is 0 Å². The molecule has 0 bridgehead atoms. The maximum absolute atomic E-state index is 5.99. The summed E-state index contributed by atoms with van der Waals surface area (Å²) in [6, 6.07) is 20.4. The van der Waals surface area contributed by atoms with Gasteiger partial charge in [0.25, 0.3) is 0 Å². The molecule has 130 valence electrons. The lowest BCUT2D eigenvalue weighted by molar-refractivity contribution is 0.302. The third kappa shape index (κ3) is 5.50. The van der Waals surface area contributed by atoms with Crippen LogP contribution < -0.4 is 9.47 Å². The van der Waals surface area contributed by atoms with Gasteiger partial charge >= 0.3 is 0 Å². The van der Waals surface area contributed by atoms with Gasteiger partial charge in [-0.1, -0.05) is 36.4 Å². The number of halogens is 1. The van der Waals surface area contributed by atoms with Gasteiger partial charge in [0, 0.05) is 18.0 Å². The number of ether oxygens (including phenoxy) is 2. The van der Waals surface area contributed by atoms with Gasteiger partial charge in [-0.25, -0.2) is 0 Å². The molecule has 0 saturated carbocycles. The van der Waals surface area contributed by atoms with Gasteiger partial charge in [0.05, 0.1) is 7.11 Å². The molecule has 2 aromatic carbocycles. The Labute approximate surface area is 155 Å². The Kier molecular flexibility index (Phi) is 7.30. The first-order valence-corrected chi connectivity index (χ1v) is 8.07. The molecule has 0 radical (unpaired) electrons. The molecule has 0 spiro atoms. The van der Waals surface area contributed by atoms with Crippen LogP contribution in [-0.4, -0.2) is 12.1 Å². The second-order valence-electron chi connectivity index (χ2n) is 5.61. The van der Waals surface area contributed by atoms with Crippen molar-refractivity contribution in [3.63, 3.8) is 0 Å². The van der Waals surface area contributed by atoms with Crippen molar-refractivity contribution in [3.05, 3.63) is 89.7 Å². The third-order valence-corrected chi connectivity index (χ3v) is 3.91. The summed E-state index contributed by atoms with van der Waals surface area (Å²) in [7, 11) is 1.70. The number of hydrogen-bond acceptors (Lipinski definition) is 3. The van der Waals surface area contributed by atoms with E-state index in [0.29, 0.717) is 6.61 Å². The molecule has 3 rings (SSSR count). The number of benzene rings is 2. The summed E-state index contributed by atoms with van der Waals surface area (Å²) < 4.78 is 11.3. The monoisotopic (exact) mass is 355 g/mol. The van der Waals surface area contributed by atoms with Crippen molar-refractivity contribution in [2.24, 2.45) is 0 Å². The Balaban J connectivity index is 0.00000225. The summed E-state index contributed by atoms with van der Waals surface area (Å²) in [5, 5.41) is 0. The standard InChI is InChI=1S/C21H21NO2.ClH/c1-23-20-9-4-6-17(14-20)11-12-19-8-2-3-10-21(19)24-16-18-7-5-13-22-15-18;/h2-10,13-15H,11-12,16H2,1H3;1H. The van der Waals surface area contributed by atoms with Crippen molar-refractivity contribution >= 4 is 12.4 Å². The quantitative estimate of drug-likeness (QED) is 0.605. The Bertz CT molecular complexity index is 778. The van der Waals surface area contributed by atoms with Crippen LogP contribution in [0.15, 0.2) is 73.1 Å². The van der Waals surface area contributed by atoms with E-state index in [4.69, 9.17) is 9.47 Å². The number of aryl methyl sites for hydroxylation is 2. The van der Waals surface area contributed by atoms with Gasteiger partial charge in [-0.3, -0.25) is 4.98 Å². The summed E-state index contributed by atoms with van der Waals surface area (Å²) in [5.41, 5.74) is 3.54. The molecular formula is C21H22ClNO2. The highest BCUT2D eigenvalue weighted by atomic mass is 35.5. The Morgan fingerprint density at radius 3 is 2.52 bits per heavy atom. The molecule has 0 saturated heterocycles. The van der Waals surface area contributed by atoms with Gasteiger partial charge in [-0.15, -0.1) is 12.4 Å². The van der Waals surface area contributed by atoms with Gasteiger partial charge in [0.15, 0.2) is 0 Å². The lowest BCUT2D eigenvalue weighted by Gasteiger charge is -2.12. The van der Waals surface area contributed by atoms with Crippen molar-refractivity contribution in [2.75, 3.05) is 7.11 Å². The van der Waals surface area contributed by atoms with E-state index in [2.05, 4.69) is 29.2 Å². The molecule has 25 heavy (non-hydrogen) atoms. The molecule has 0 unspecified atom stereocenters. The Morgan fingerprint density at radius 1 is 0.880 bits per heavy atom. The maximum Gasteiger partial charge on any atom is 0.123 e. The molecule has 0 aliphatic carbocycles. The molecule has 3 nitrogen and oxygen atoms in total. The summed E-state index contributed by atoms with van der Waals surface area (Å²) in [5.74, 6) is 1.83. The van der Waals surface area contributed by atoms with Crippen molar-refractivity contribution in [1.29, 1.82) is 0 Å². The van der Waals surface area contributed by atoms with Gasteiger partial charge in [-0.05, 0) is 48.2 Å². The van der Waals surface area contributed by atoms with Crippen LogP contribution in [0, 0.1) is 0 Å². The van der Waals surface area contributed by atoms with Crippen LogP contribution in [0.5, 0.6) is 11.5 Å². The first-order valence-electron chi connectivity index (χ1n) is 8.07. The van der Waals surface area contributed by atoms with Crippen molar-refractivity contribution in [1.82, 2.24) is 4.98 Å². The first-order chi connectivity index (χ1) is 11.8. The fraction of sp³-hybridized carbons (Fsp3) is 0.190. The summed E-state index contributed by atoms with van der Waals surface area (Å²) >= 11 is 0. The van der Waals surface area contributed by atoms with Gasteiger partial charge in [0.2, 0.25) is 0 Å². The molecule has 3 aromatic rings. The molecule has 0 amide bonds. The summed E-state index contributed by atoms with van der Waals surface area (Å²) in [6.45, 7) is 0.532. The largest absolute Gasteiger partial charge is 0.497 e. The molecule has 0 N–H and O–H groups in total. The van der Waals surface area contributed by atoms with Crippen LogP contribution in [-0.2, 0) is 19.4 Å². The smallest absolute Gasteiger partial charge is 0.123 e. The second-order valence-corrected chi connectivity index (χ2v) is 5.61. The van der Waals surface area contributed by atoms with E-state index in [1.165, 1.54) is 11.1 Å². The lowest BCUT2D eigenvalue weighted by Crippen LogP contribution is -2.00. The first kappa shape index (κ1) is 18.8. The van der Waals surface area contributed by atoms with E-state index in [-0.39, 0.29) is 12.4 Å². The van der Waals surface area contributed by atoms with Gasteiger partial charge < -0.3 is 9.47 Å². The number of rotatable bonds is 7. The van der Waals surface area contributed by atoms with Crippen LogP contribution in [0.4, 0.5) is 0 Å². The highest BCUT2D eigenvalue weighted by Gasteiger charge is 2.05. The fourth-order valence-electron chi connectivity index (χ4n) is 2.60. The molecule has 1 heterocycles. The van der Waals surface area contributed by atoms with Gasteiger partial charge in [-0.2, -0.15) is 0 Å². The zero-order valence-corrected chi connectivity index (χ0v) is 15.0. The zero-order chi connectivity index (χ0) is 16.6. The SMILES string of the molecule is COc1cccc(CCc2ccccc2OCc2cccnc2)c1.Cl. The molecular weight excluding hydrogens is 334 g/mol. The lowest BCUT2D eigenvalue weighted by atomic mass is 10.0. The van der Waals surface area contributed by atoms with E-state index in [1.54, 1.807) is 13.3 Å². The highest BCUT2D eigenvalue weighted by Crippen LogP contribution is 2.22. The zero-order valence-electron chi connectivity index (χ0n) is 14.2. The van der Waals surface area contributed by atoms with Gasteiger partial charge in [0.1, 0.15) is 18.1 Å². The molecule has 4 heteroatoms.